The van der Waals surface area contributed by atoms with Gasteiger partial charge in [0, 0.05) is 34.5 Å². The average Bonchev–Trinajstić information content (AvgIpc) is 3.28. The molecule has 0 amide bonds. The molecule has 26 heavy (non-hydrogen) atoms. The van der Waals surface area contributed by atoms with Gasteiger partial charge in [0.05, 0.1) is 6.20 Å². The number of aromatic nitrogens is 4. The Kier molecular flexibility index (Phi) is 3.16. The van der Waals surface area contributed by atoms with E-state index >= 15 is 0 Å². The summed E-state index contributed by atoms with van der Waals surface area (Å²) in [5.74, 6) is 0.201. The molecule has 1 saturated carbocycles. The fourth-order valence-corrected chi connectivity index (χ4v) is 3.34. The van der Waals surface area contributed by atoms with Crippen LogP contribution < -0.4 is 0 Å². The number of fused-ring (bicyclic) bond motifs is 1. The minimum atomic E-state index is -0.272. The minimum absolute atomic E-state index is 0.272. The second kappa shape index (κ2) is 5.53. The summed E-state index contributed by atoms with van der Waals surface area (Å²) in [5.41, 5.74) is 5.94. The Morgan fingerprint density at radius 3 is 2.62 bits per heavy atom. The number of rotatable bonds is 3. The van der Waals surface area contributed by atoms with E-state index in [2.05, 4.69) is 21.3 Å². The lowest BCUT2D eigenvalue weighted by atomic mass is 9.98. The van der Waals surface area contributed by atoms with E-state index < -0.39 is 0 Å². The second-order valence-corrected chi connectivity index (χ2v) is 6.54. The van der Waals surface area contributed by atoms with Crippen LogP contribution in [0.4, 0.5) is 4.39 Å². The molecule has 6 heteroatoms. The number of nitriles is 1. The van der Waals surface area contributed by atoms with Crippen LogP contribution in [0, 0.1) is 17.1 Å². The maximum Gasteiger partial charge on any atom is 0.144 e. The van der Waals surface area contributed by atoms with Crippen molar-refractivity contribution in [3.05, 3.63) is 66.0 Å². The fourth-order valence-electron chi connectivity index (χ4n) is 3.34. The van der Waals surface area contributed by atoms with Crippen molar-refractivity contribution in [3.8, 4) is 28.5 Å². The van der Waals surface area contributed by atoms with E-state index in [1.54, 1.807) is 22.7 Å². The number of nitrogens with zero attached hydrogens (tertiary/aromatic N) is 4. The number of aromatic amines is 1. The van der Waals surface area contributed by atoms with Gasteiger partial charge in [-0.1, -0.05) is 0 Å². The van der Waals surface area contributed by atoms with Crippen molar-refractivity contribution in [1.29, 1.82) is 5.26 Å². The van der Waals surface area contributed by atoms with Gasteiger partial charge in [-0.25, -0.2) is 9.37 Å². The first-order valence-corrected chi connectivity index (χ1v) is 8.46. The molecule has 1 aromatic carbocycles. The van der Waals surface area contributed by atoms with Gasteiger partial charge < -0.3 is 0 Å². The highest BCUT2D eigenvalue weighted by molar-refractivity contribution is 5.83. The van der Waals surface area contributed by atoms with Crippen molar-refractivity contribution in [2.45, 2.75) is 18.8 Å². The van der Waals surface area contributed by atoms with Crippen LogP contribution in [-0.4, -0.2) is 19.6 Å². The number of hydrogen-bond donors (Lipinski definition) is 1. The molecule has 0 aliphatic heterocycles. The molecule has 3 aromatic heterocycles. The Labute approximate surface area is 148 Å². The summed E-state index contributed by atoms with van der Waals surface area (Å²) in [7, 11) is 0. The van der Waals surface area contributed by atoms with Gasteiger partial charge in [0.2, 0.25) is 0 Å². The number of imidazole rings is 1. The minimum Gasteiger partial charge on any atom is -0.291 e. The number of H-pyrrole nitrogens is 1. The van der Waals surface area contributed by atoms with Gasteiger partial charge >= 0.3 is 0 Å². The Morgan fingerprint density at radius 2 is 1.88 bits per heavy atom. The highest BCUT2D eigenvalue weighted by atomic mass is 19.1. The van der Waals surface area contributed by atoms with Crippen molar-refractivity contribution in [2.75, 3.05) is 0 Å². The Morgan fingerprint density at radius 1 is 1.12 bits per heavy atom. The molecule has 0 bridgehead atoms. The zero-order valence-corrected chi connectivity index (χ0v) is 13.8. The van der Waals surface area contributed by atoms with Crippen LogP contribution in [0.25, 0.3) is 28.0 Å². The molecule has 1 fully saturated rings. The molecule has 0 unspecified atom stereocenters. The SMILES string of the molecule is N#Cc1cnc2ccc(-c3c(-c4ccc(F)cc4)n[nH]c3C3CC3)cn12. The van der Waals surface area contributed by atoms with Crippen molar-refractivity contribution in [2.24, 2.45) is 0 Å². The molecule has 0 saturated heterocycles. The average molecular weight is 343 g/mol. The number of nitrogens with one attached hydrogen (secondary N) is 1. The van der Waals surface area contributed by atoms with Crippen LogP contribution in [0.15, 0.2) is 48.8 Å². The first kappa shape index (κ1) is 14.8. The molecule has 5 nitrogen and oxygen atoms in total. The number of pyridine rings is 1. The third-order valence-corrected chi connectivity index (χ3v) is 4.81. The first-order chi connectivity index (χ1) is 12.7. The standard InChI is InChI=1S/C20H14FN5/c21-15-6-3-13(4-7-15)20-18(19(24-25-20)12-1-2-12)14-5-8-17-23-10-16(9-22)26(17)11-14/h3-8,10-12H,1-2H2,(H,24,25). The normalized spacial score (nSPS) is 13.8. The lowest BCUT2D eigenvalue weighted by molar-refractivity contribution is 0.628. The zero-order valence-electron chi connectivity index (χ0n) is 13.8. The van der Waals surface area contributed by atoms with Crippen LogP contribution in [0.5, 0.6) is 0 Å². The lowest BCUT2D eigenvalue weighted by Gasteiger charge is -2.07. The van der Waals surface area contributed by atoms with Gasteiger partial charge in [0.1, 0.15) is 28.9 Å². The molecule has 1 aliphatic carbocycles. The highest BCUT2D eigenvalue weighted by Gasteiger charge is 2.30. The Balaban J connectivity index is 1.74. The van der Waals surface area contributed by atoms with Crippen LogP contribution in [0.2, 0.25) is 0 Å². The monoisotopic (exact) mass is 343 g/mol. The summed E-state index contributed by atoms with van der Waals surface area (Å²) >= 11 is 0. The molecule has 1 aliphatic rings. The van der Waals surface area contributed by atoms with E-state index in [-0.39, 0.29) is 5.82 Å². The van der Waals surface area contributed by atoms with E-state index in [4.69, 9.17) is 0 Å². The number of halogens is 1. The summed E-state index contributed by atoms with van der Waals surface area (Å²) in [5, 5.41) is 17.0. The van der Waals surface area contributed by atoms with E-state index in [1.165, 1.54) is 12.1 Å². The maximum atomic E-state index is 13.3. The van der Waals surface area contributed by atoms with Crippen molar-refractivity contribution in [1.82, 2.24) is 19.6 Å². The molecule has 5 rings (SSSR count). The van der Waals surface area contributed by atoms with Crippen LogP contribution in [-0.2, 0) is 0 Å². The van der Waals surface area contributed by atoms with Gasteiger partial charge in [-0.3, -0.25) is 9.50 Å². The molecule has 1 N–H and O–H groups in total. The van der Waals surface area contributed by atoms with Crippen LogP contribution in [0.3, 0.4) is 0 Å². The zero-order chi connectivity index (χ0) is 17.7. The van der Waals surface area contributed by atoms with Gasteiger partial charge in [0.25, 0.3) is 0 Å². The smallest absolute Gasteiger partial charge is 0.144 e. The number of benzene rings is 1. The number of hydrogen-bond acceptors (Lipinski definition) is 3. The van der Waals surface area contributed by atoms with E-state index in [1.807, 2.05) is 18.3 Å². The van der Waals surface area contributed by atoms with E-state index in [0.717, 1.165) is 46.6 Å². The molecular formula is C20H14FN5. The lowest BCUT2D eigenvalue weighted by Crippen LogP contribution is -1.92. The molecule has 0 spiro atoms. The molecule has 4 aromatic rings. The predicted octanol–water partition coefficient (Wildman–Crippen LogP) is 4.28. The summed E-state index contributed by atoms with van der Waals surface area (Å²) in [6, 6.07) is 12.4. The highest BCUT2D eigenvalue weighted by Crippen LogP contribution is 2.46. The summed E-state index contributed by atoms with van der Waals surface area (Å²) in [6.45, 7) is 0. The van der Waals surface area contributed by atoms with Gasteiger partial charge in [-0.15, -0.1) is 0 Å². The van der Waals surface area contributed by atoms with Crippen molar-refractivity contribution in [3.63, 3.8) is 0 Å². The Hall–Kier alpha value is -3.46. The van der Waals surface area contributed by atoms with Crippen LogP contribution >= 0.6 is 0 Å². The Bertz CT molecular complexity index is 1160. The quantitative estimate of drug-likeness (QED) is 0.603. The predicted molar refractivity (Wildman–Crippen MR) is 94.9 cm³/mol. The maximum absolute atomic E-state index is 13.3. The van der Waals surface area contributed by atoms with Gasteiger partial charge in [0.15, 0.2) is 0 Å². The fraction of sp³-hybridized carbons (Fsp3) is 0.150. The van der Waals surface area contributed by atoms with Gasteiger partial charge in [-0.2, -0.15) is 10.4 Å². The molecule has 126 valence electrons. The van der Waals surface area contributed by atoms with Crippen molar-refractivity contribution >= 4 is 5.65 Å². The second-order valence-electron chi connectivity index (χ2n) is 6.54. The van der Waals surface area contributed by atoms with Gasteiger partial charge in [-0.05, 0) is 49.2 Å². The molecular weight excluding hydrogens is 329 g/mol. The molecule has 0 radical (unpaired) electrons. The van der Waals surface area contributed by atoms with Crippen molar-refractivity contribution < 1.29 is 4.39 Å². The van der Waals surface area contributed by atoms with E-state index in [0.29, 0.717) is 11.6 Å². The molecule has 0 atom stereocenters. The first-order valence-electron chi connectivity index (χ1n) is 8.46. The van der Waals surface area contributed by atoms with Crippen LogP contribution in [0.1, 0.15) is 30.1 Å². The largest absolute Gasteiger partial charge is 0.291 e. The molecule has 3 heterocycles. The topological polar surface area (TPSA) is 69.8 Å². The summed E-state index contributed by atoms with van der Waals surface area (Å²) in [6.07, 6.45) is 5.76. The third kappa shape index (κ3) is 2.29. The summed E-state index contributed by atoms with van der Waals surface area (Å²) < 4.78 is 15.1. The third-order valence-electron chi connectivity index (χ3n) is 4.81. The summed E-state index contributed by atoms with van der Waals surface area (Å²) in [4.78, 5) is 4.25. The van der Waals surface area contributed by atoms with E-state index in [9.17, 15) is 9.65 Å².